The van der Waals surface area contributed by atoms with Gasteiger partial charge in [-0.05, 0) is 31.7 Å². The van der Waals surface area contributed by atoms with E-state index in [2.05, 4.69) is 12.2 Å². The van der Waals surface area contributed by atoms with E-state index in [4.69, 9.17) is 19.3 Å². The molecule has 1 atom stereocenters. The van der Waals surface area contributed by atoms with Crippen molar-refractivity contribution in [3.63, 3.8) is 0 Å². The molecule has 108 valence electrons. The normalized spacial score (nSPS) is 12.2. The van der Waals surface area contributed by atoms with Gasteiger partial charge in [0, 0.05) is 6.04 Å². The van der Waals surface area contributed by atoms with E-state index in [1.807, 2.05) is 25.2 Å². The number of hydrogen-bond donors (Lipinski definition) is 2. The van der Waals surface area contributed by atoms with Gasteiger partial charge in [-0.1, -0.05) is 6.07 Å². The molecule has 1 aromatic rings. The van der Waals surface area contributed by atoms with Crippen LogP contribution in [0.5, 0.6) is 11.5 Å². The molecule has 1 unspecified atom stereocenters. The van der Waals surface area contributed by atoms with Crippen molar-refractivity contribution in [3.05, 3.63) is 23.8 Å². The number of methoxy groups -OCH3 is 1. The van der Waals surface area contributed by atoms with Gasteiger partial charge in [-0.2, -0.15) is 0 Å². The minimum atomic E-state index is 0.0277. The summed E-state index contributed by atoms with van der Waals surface area (Å²) in [5.74, 6) is 1.41. The van der Waals surface area contributed by atoms with Crippen LogP contribution in [-0.2, 0) is 4.74 Å². The first-order valence-corrected chi connectivity index (χ1v) is 6.39. The van der Waals surface area contributed by atoms with Crippen molar-refractivity contribution in [2.45, 2.75) is 13.0 Å². The second-order valence-corrected chi connectivity index (χ2v) is 4.11. The molecule has 0 fully saturated rings. The minimum absolute atomic E-state index is 0.0277. The van der Waals surface area contributed by atoms with Gasteiger partial charge in [0.05, 0.1) is 26.9 Å². The largest absolute Gasteiger partial charge is 0.493 e. The highest BCUT2D eigenvalue weighted by molar-refractivity contribution is 5.43. The lowest BCUT2D eigenvalue weighted by Crippen LogP contribution is -2.13. The highest BCUT2D eigenvalue weighted by atomic mass is 16.5. The van der Waals surface area contributed by atoms with Crippen LogP contribution in [-0.4, -0.2) is 45.7 Å². The van der Waals surface area contributed by atoms with Gasteiger partial charge in [0.2, 0.25) is 0 Å². The number of benzene rings is 1. The fourth-order valence-corrected chi connectivity index (χ4v) is 1.62. The fraction of sp³-hybridized carbons (Fsp3) is 0.571. The topological polar surface area (TPSA) is 60.0 Å². The van der Waals surface area contributed by atoms with Gasteiger partial charge >= 0.3 is 0 Å². The molecule has 0 saturated carbocycles. The van der Waals surface area contributed by atoms with Crippen LogP contribution in [0.1, 0.15) is 18.5 Å². The Hall–Kier alpha value is -1.30. The van der Waals surface area contributed by atoms with Gasteiger partial charge in [-0.15, -0.1) is 0 Å². The lowest BCUT2D eigenvalue weighted by Gasteiger charge is -2.15. The van der Waals surface area contributed by atoms with Gasteiger partial charge in [0.25, 0.3) is 0 Å². The zero-order valence-corrected chi connectivity index (χ0v) is 11.8. The molecule has 19 heavy (non-hydrogen) atoms. The van der Waals surface area contributed by atoms with Gasteiger partial charge in [-0.3, -0.25) is 0 Å². The summed E-state index contributed by atoms with van der Waals surface area (Å²) in [4.78, 5) is 0. The summed E-state index contributed by atoms with van der Waals surface area (Å²) in [5.41, 5.74) is 1.14. The van der Waals surface area contributed by atoms with E-state index >= 15 is 0 Å². The van der Waals surface area contributed by atoms with Gasteiger partial charge in [-0.25, -0.2) is 0 Å². The molecule has 0 heterocycles. The average molecular weight is 269 g/mol. The minimum Gasteiger partial charge on any atom is -0.493 e. The number of aliphatic hydroxyl groups excluding tert-OH is 1. The first-order chi connectivity index (χ1) is 9.22. The Kier molecular flexibility index (Phi) is 7.25. The zero-order chi connectivity index (χ0) is 14.1. The summed E-state index contributed by atoms with van der Waals surface area (Å²) in [6, 6.07) is 6.13. The van der Waals surface area contributed by atoms with E-state index < -0.39 is 0 Å². The molecule has 0 radical (unpaired) electrons. The molecule has 5 nitrogen and oxygen atoms in total. The molecule has 0 aliphatic heterocycles. The monoisotopic (exact) mass is 269 g/mol. The average Bonchev–Trinajstić information content (AvgIpc) is 2.46. The van der Waals surface area contributed by atoms with E-state index in [0.29, 0.717) is 31.3 Å². The first kappa shape index (κ1) is 15.8. The lowest BCUT2D eigenvalue weighted by atomic mass is 10.1. The molecule has 0 aliphatic rings. The molecule has 1 aromatic carbocycles. The number of rotatable bonds is 9. The predicted octanol–water partition coefficient (Wildman–Crippen LogP) is 1.36. The third-order valence-corrected chi connectivity index (χ3v) is 2.84. The van der Waals surface area contributed by atoms with Crippen LogP contribution in [0.3, 0.4) is 0 Å². The summed E-state index contributed by atoms with van der Waals surface area (Å²) in [6.07, 6.45) is 0. The number of nitrogens with one attached hydrogen (secondary N) is 1. The highest BCUT2D eigenvalue weighted by Gasteiger charge is 2.09. The molecule has 0 bridgehead atoms. The number of ether oxygens (including phenoxy) is 3. The van der Waals surface area contributed by atoms with Crippen molar-refractivity contribution in [1.29, 1.82) is 0 Å². The second-order valence-electron chi connectivity index (χ2n) is 4.11. The molecule has 0 aromatic heterocycles. The van der Waals surface area contributed by atoms with Crippen molar-refractivity contribution >= 4 is 0 Å². The first-order valence-electron chi connectivity index (χ1n) is 6.39. The van der Waals surface area contributed by atoms with Crippen LogP contribution in [0.15, 0.2) is 18.2 Å². The summed E-state index contributed by atoms with van der Waals surface area (Å²) < 4.78 is 16.0. The molecule has 2 N–H and O–H groups in total. The van der Waals surface area contributed by atoms with Crippen LogP contribution in [0.25, 0.3) is 0 Å². The Labute approximate surface area is 114 Å². The quantitative estimate of drug-likeness (QED) is 0.663. The molecule has 0 spiro atoms. The van der Waals surface area contributed by atoms with Crippen molar-refractivity contribution in [1.82, 2.24) is 5.32 Å². The van der Waals surface area contributed by atoms with Crippen LogP contribution >= 0.6 is 0 Å². The summed E-state index contributed by atoms with van der Waals surface area (Å²) >= 11 is 0. The van der Waals surface area contributed by atoms with E-state index in [1.165, 1.54) is 0 Å². The predicted molar refractivity (Wildman–Crippen MR) is 73.9 cm³/mol. The Morgan fingerprint density at radius 2 is 2.00 bits per heavy atom. The summed E-state index contributed by atoms with van der Waals surface area (Å²) in [7, 11) is 3.54. The maximum atomic E-state index is 8.58. The fourth-order valence-electron chi connectivity index (χ4n) is 1.62. The van der Waals surface area contributed by atoms with E-state index in [-0.39, 0.29) is 12.6 Å². The second kappa shape index (κ2) is 8.74. The molecule has 5 heteroatoms. The maximum Gasteiger partial charge on any atom is 0.161 e. The van der Waals surface area contributed by atoms with Gasteiger partial charge in [0.1, 0.15) is 6.61 Å². The third-order valence-electron chi connectivity index (χ3n) is 2.84. The maximum absolute atomic E-state index is 8.58. The molecular formula is C14H23NO4. The molecule has 0 amide bonds. The Bertz CT molecular complexity index is 370. The summed E-state index contributed by atoms with van der Waals surface area (Å²) in [6.45, 7) is 3.31. The van der Waals surface area contributed by atoms with E-state index in [1.54, 1.807) is 7.11 Å². The Morgan fingerprint density at radius 1 is 1.21 bits per heavy atom. The molecule has 0 saturated heterocycles. The SMILES string of the molecule is CNC(C)c1ccc(OCCOCCO)c(OC)c1. The van der Waals surface area contributed by atoms with Crippen molar-refractivity contribution in [2.24, 2.45) is 0 Å². The van der Waals surface area contributed by atoms with Crippen LogP contribution in [0, 0.1) is 0 Å². The number of hydrogen-bond acceptors (Lipinski definition) is 5. The Balaban J connectivity index is 2.58. The lowest BCUT2D eigenvalue weighted by molar-refractivity contribution is 0.0699. The van der Waals surface area contributed by atoms with E-state index in [0.717, 1.165) is 5.56 Å². The van der Waals surface area contributed by atoms with Gasteiger partial charge < -0.3 is 24.6 Å². The standard InChI is InChI=1S/C14H23NO4/c1-11(15-2)12-4-5-13(14(10-12)17-3)19-9-8-18-7-6-16/h4-5,10-11,15-16H,6-9H2,1-3H3. The Morgan fingerprint density at radius 3 is 2.63 bits per heavy atom. The molecular weight excluding hydrogens is 246 g/mol. The van der Waals surface area contributed by atoms with Crippen LogP contribution in [0.2, 0.25) is 0 Å². The zero-order valence-electron chi connectivity index (χ0n) is 11.8. The van der Waals surface area contributed by atoms with Crippen LogP contribution in [0.4, 0.5) is 0 Å². The van der Waals surface area contributed by atoms with Crippen molar-refractivity contribution in [2.75, 3.05) is 40.6 Å². The van der Waals surface area contributed by atoms with Crippen LogP contribution < -0.4 is 14.8 Å². The van der Waals surface area contributed by atoms with Crippen molar-refractivity contribution in [3.8, 4) is 11.5 Å². The van der Waals surface area contributed by atoms with Crippen molar-refractivity contribution < 1.29 is 19.3 Å². The smallest absolute Gasteiger partial charge is 0.161 e. The third kappa shape index (κ3) is 5.06. The molecule has 0 aliphatic carbocycles. The highest BCUT2D eigenvalue weighted by Crippen LogP contribution is 2.30. The van der Waals surface area contributed by atoms with E-state index in [9.17, 15) is 0 Å². The number of aliphatic hydroxyl groups is 1. The van der Waals surface area contributed by atoms with Gasteiger partial charge in [0.15, 0.2) is 11.5 Å². The molecule has 1 rings (SSSR count). The summed E-state index contributed by atoms with van der Waals surface area (Å²) in [5, 5.41) is 11.8.